The molecular weight excluding hydrogens is 296 g/mol. The third-order valence-electron chi connectivity index (χ3n) is 3.49. The molecule has 6 nitrogen and oxygen atoms in total. The molecule has 0 amide bonds. The normalized spacial score (nSPS) is 10.7. The van der Waals surface area contributed by atoms with Gasteiger partial charge in [0.25, 0.3) is 5.69 Å². The van der Waals surface area contributed by atoms with Crippen molar-refractivity contribution in [3.63, 3.8) is 0 Å². The van der Waals surface area contributed by atoms with Crippen LogP contribution in [0.15, 0.2) is 54.6 Å². The molecule has 0 radical (unpaired) electrons. The first-order valence-corrected chi connectivity index (χ1v) is 7.14. The number of nitro groups is 1. The molecule has 0 N–H and O–H groups in total. The van der Waals surface area contributed by atoms with Gasteiger partial charge in [-0.25, -0.2) is 4.79 Å². The number of nitrogens with zero attached hydrogens (tertiary/aromatic N) is 2. The molecule has 23 heavy (non-hydrogen) atoms. The number of ether oxygens (including phenoxy) is 1. The number of carbonyl (C=O) groups excluding carboxylic acids is 1. The monoisotopic (exact) mass is 310 g/mol. The molecule has 0 unspecified atom stereocenters. The van der Waals surface area contributed by atoms with Crippen LogP contribution in [0, 0.1) is 10.1 Å². The molecule has 0 bridgehead atoms. The van der Waals surface area contributed by atoms with Crippen LogP contribution in [-0.2, 0) is 4.74 Å². The van der Waals surface area contributed by atoms with Gasteiger partial charge in [0.2, 0.25) is 0 Å². The van der Waals surface area contributed by atoms with Gasteiger partial charge in [0.05, 0.1) is 17.0 Å². The molecule has 0 fully saturated rings. The van der Waals surface area contributed by atoms with E-state index >= 15 is 0 Å². The number of para-hydroxylation sites is 1. The van der Waals surface area contributed by atoms with E-state index in [-0.39, 0.29) is 12.3 Å². The van der Waals surface area contributed by atoms with Gasteiger partial charge in [0, 0.05) is 23.2 Å². The van der Waals surface area contributed by atoms with Gasteiger partial charge in [-0.15, -0.1) is 0 Å². The van der Waals surface area contributed by atoms with Crippen LogP contribution in [0.3, 0.4) is 0 Å². The maximum Gasteiger partial charge on any atom is 0.355 e. The lowest BCUT2D eigenvalue weighted by atomic mass is 10.2. The Morgan fingerprint density at radius 1 is 1.17 bits per heavy atom. The first-order valence-electron chi connectivity index (χ1n) is 7.14. The van der Waals surface area contributed by atoms with Crippen molar-refractivity contribution >= 4 is 22.6 Å². The standard InChI is InChI=1S/C17H14N2O4/c1-2-23-17(20)16-11-12-10-14(19(21)22)8-9-15(12)18(16)13-6-4-3-5-7-13/h3-11H,2H2,1H3. The fourth-order valence-corrected chi connectivity index (χ4v) is 2.53. The van der Waals surface area contributed by atoms with E-state index in [1.807, 2.05) is 30.3 Å². The van der Waals surface area contributed by atoms with Crippen LogP contribution in [0.2, 0.25) is 0 Å². The highest BCUT2D eigenvalue weighted by atomic mass is 16.6. The van der Waals surface area contributed by atoms with Gasteiger partial charge in [-0.2, -0.15) is 0 Å². The zero-order chi connectivity index (χ0) is 16.4. The minimum atomic E-state index is -0.463. The van der Waals surface area contributed by atoms with Crippen LogP contribution in [0.1, 0.15) is 17.4 Å². The molecule has 3 rings (SSSR count). The van der Waals surface area contributed by atoms with Crippen LogP contribution in [0.5, 0.6) is 0 Å². The lowest BCUT2D eigenvalue weighted by molar-refractivity contribution is -0.384. The highest BCUT2D eigenvalue weighted by Gasteiger charge is 2.19. The highest BCUT2D eigenvalue weighted by Crippen LogP contribution is 2.28. The Morgan fingerprint density at radius 3 is 2.57 bits per heavy atom. The molecular formula is C17H14N2O4. The SMILES string of the molecule is CCOC(=O)c1cc2cc([N+](=O)[O-])ccc2n1-c1ccccc1. The molecule has 0 aliphatic rings. The fraction of sp³-hybridized carbons (Fsp3) is 0.118. The van der Waals surface area contributed by atoms with Crippen molar-refractivity contribution in [2.45, 2.75) is 6.92 Å². The molecule has 0 saturated heterocycles. The lowest BCUT2D eigenvalue weighted by Gasteiger charge is -2.10. The predicted octanol–water partition coefficient (Wildman–Crippen LogP) is 3.72. The Labute approximate surface area is 132 Å². The van der Waals surface area contributed by atoms with Gasteiger partial charge in [-0.3, -0.25) is 10.1 Å². The van der Waals surface area contributed by atoms with Gasteiger partial charge < -0.3 is 9.30 Å². The van der Waals surface area contributed by atoms with Crippen molar-refractivity contribution in [3.05, 3.63) is 70.4 Å². The Morgan fingerprint density at radius 2 is 1.91 bits per heavy atom. The average molecular weight is 310 g/mol. The van der Waals surface area contributed by atoms with Crippen molar-refractivity contribution < 1.29 is 14.5 Å². The summed E-state index contributed by atoms with van der Waals surface area (Å²) in [5.74, 6) is -0.463. The summed E-state index contributed by atoms with van der Waals surface area (Å²) in [6.07, 6.45) is 0. The molecule has 1 aromatic heterocycles. The van der Waals surface area contributed by atoms with Gasteiger partial charge in [0.15, 0.2) is 0 Å². The van der Waals surface area contributed by atoms with E-state index < -0.39 is 10.9 Å². The zero-order valence-corrected chi connectivity index (χ0v) is 12.4. The van der Waals surface area contributed by atoms with E-state index in [0.29, 0.717) is 16.6 Å². The quantitative estimate of drug-likeness (QED) is 0.418. The summed E-state index contributed by atoms with van der Waals surface area (Å²) < 4.78 is 6.85. The Bertz CT molecular complexity index is 884. The second-order valence-electron chi connectivity index (χ2n) is 4.92. The molecule has 0 aliphatic heterocycles. The summed E-state index contributed by atoms with van der Waals surface area (Å²) in [7, 11) is 0. The number of rotatable bonds is 4. The fourth-order valence-electron chi connectivity index (χ4n) is 2.53. The van der Waals surface area contributed by atoms with Crippen LogP contribution in [0.25, 0.3) is 16.6 Å². The van der Waals surface area contributed by atoms with Crippen molar-refractivity contribution in [3.8, 4) is 5.69 Å². The van der Waals surface area contributed by atoms with Crippen LogP contribution >= 0.6 is 0 Å². The number of aromatic nitrogens is 1. The second kappa shape index (κ2) is 5.92. The van der Waals surface area contributed by atoms with Crippen LogP contribution in [-0.4, -0.2) is 22.1 Å². The number of non-ortho nitro benzene ring substituents is 1. The van der Waals surface area contributed by atoms with E-state index in [1.165, 1.54) is 12.1 Å². The van der Waals surface area contributed by atoms with E-state index in [2.05, 4.69) is 0 Å². The molecule has 6 heteroatoms. The number of nitro benzene ring substituents is 1. The lowest BCUT2D eigenvalue weighted by Crippen LogP contribution is -2.10. The summed E-state index contributed by atoms with van der Waals surface area (Å²) in [5.41, 5.74) is 1.83. The maximum atomic E-state index is 12.3. The average Bonchev–Trinajstić information content (AvgIpc) is 2.94. The van der Waals surface area contributed by atoms with E-state index in [1.54, 1.807) is 23.6 Å². The maximum absolute atomic E-state index is 12.3. The smallest absolute Gasteiger partial charge is 0.355 e. The Kier molecular flexibility index (Phi) is 3.80. The molecule has 0 atom stereocenters. The van der Waals surface area contributed by atoms with Crippen molar-refractivity contribution in [2.24, 2.45) is 0 Å². The highest BCUT2D eigenvalue weighted by molar-refractivity contribution is 5.97. The summed E-state index contributed by atoms with van der Waals surface area (Å²) in [4.78, 5) is 22.7. The molecule has 0 aliphatic carbocycles. The van der Waals surface area contributed by atoms with E-state index in [9.17, 15) is 14.9 Å². The first kappa shape index (κ1) is 14.8. The zero-order valence-electron chi connectivity index (χ0n) is 12.4. The number of hydrogen-bond acceptors (Lipinski definition) is 4. The van der Waals surface area contributed by atoms with Gasteiger partial charge in [-0.05, 0) is 31.2 Å². The predicted molar refractivity (Wildman–Crippen MR) is 85.9 cm³/mol. The minimum absolute atomic E-state index is 0.0156. The van der Waals surface area contributed by atoms with Crippen molar-refractivity contribution in [1.82, 2.24) is 4.57 Å². The van der Waals surface area contributed by atoms with Gasteiger partial charge in [0.1, 0.15) is 5.69 Å². The molecule has 116 valence electrons. The van der Waals surface area contributed by atoms with Gasteiger partial charge >= 0.3 is 5.97 Å². The molecule has 2 aromatic carbocycles. The summed E-state index contributed by atoms with van der Waals surface area (Å²) >= 11 is 0. The number of benzene rings is 2. The Balaban J connectivity index is 2.27. The summed E-state index contributed by atoms with van der Waals surface area (Å²) in [6, 6.07) is 15.5. The number of hydrogen-bond donors (Lipinski definition) is 0. The summed E-state index contributed by atoms with van der Waals surface area (Å²) in [6.45, 7) is 1.99. The Hall–Kier alpha value is -3.15. The first-order chi connectivity index (χ1) is 11.1. The number of fused-ring (bicyclic) bond motifs is 1. The number of carbonyl (C=O) groups is 1. The van der Waals surface area contributed by atoms with E-state index in [0.717, 1.165) is 5.69 Å². The van der Waals surface area contributed by atoms with Crippen molar-refractivity contribution in [2.75, 3.05) is 6.61 Å². The summed E-state index contributed by atoms with van der Waals surface area (Å²) in [5, 5.41) is 11.6. The minimum Gasteiger partial charge on any atom is -0.461 e. The number of esters is 1. The van der Waals surface area contributed by atoms with Crippen LogP contribution in [0.4, 0.5) is 5.69 Å². The largest absolute Gasteiger partial charge is 0.461 e. The molecule has 0 spiro atoms. The van der Waals surface area contributed by atoms with Crippen LogP contribution < -0.4 is 0 Å². The second-order valence-corrected chi connectivity index (χ2v) is 4.92. The topological polar surface area (TPSA) is 74.4 Å². The molecule has 3 aromatic rings. The van der Waals surface area contributed by atoms with Gasteiger partial charge in [-0.1, -0.05) is 18.2 Å². The third-order valence-corrected chi connectivity index (χ3v) is 3.49. The van der Waals surface area contributed by atoms with E-state index in [4.69, 9.17) is 4.74 Å². The third kappa shape index (κ3) is 2.66. The molecule has 1 heterocycles. The van der Waals surface area contributed by atoms with Crippen molar-refractivity contribution in [1.29, 1.82) is 0 Å². The molecule has 0 saturated carbocycles.